The number of nitrogens with zero attached hydrogens (tertiary/aromatic N) is 1. The number of pyridine rings is 1. The number of aromatic nitrogens is 1. The zero-order chi connectivity index (χ0) is 26.1. The van der Waals surface area contributed by atoms with Crippen LogP contribution >= 0.6 is 0 Å². The number of ether oxygens (including phenoxy) is 1. The highest BCUT2D eigenvalue weighted by atomic mass is 32.2. The van der Waals surface area contributed by atoms with Gasteiger partial charge >= 0.3 is 5.97 Å². The van der Waals surface area contributed by atoms with E-state index in [-0.39, 0.29) is 34.8 Å². The van der Waals surface area contributed by atoms with E-state index in [1.54, 1.807) is 0 Å². The van der Waals surface area contributed by atoms with Crippen molar-refractivity contribution >= 4 is 33.7 Å². The maximum Gasteiger partial charge on any atom is 0.325 e. The number of hydrogen-bond acceptors (Lipinski definition) is 8. The third-order valence-corrected chi connectivity index (χ3v) is 6.14. The van der Waals surface area contributed by atoms with Crippen LogP contribution in [0.1, 0.15) is 36.8 Å². The molecule has 0 atom stereocenters. The van der Waals surface area contributed by atoms with Crippen molar-refractivity contribution in [3.05, 3.63) is 95.3 Å². The topological polar surface area (TPSA) is 161 Å². The summed E-state index contributed by atoms with van der Waals surface area (Å²) in [6, 6.07) is 16.8. The highest BCUT2D eigenvalue weighted by molar-refractivity contribution is 7.90. The maximum absolute atomic E-state index is 12.7. The first kappa shape index (κ1) is 26.0. The summed E-state index contributed by atoms with van der Waals surface area (Å²) in [5.74, 6) is -2.79. The Kier molecular flexibility index (Phi) is 8.47. The highest BCUT2D eigenvalue weighted by Gasteiger charge is 2.21. The number of carbonyl (C=O) groups is 4. The summed E-state index contributed by atoms with van der Waals surface area (Å²) in [7, 11) is -3.14. The van der Waals surface area contributed by atoms with Crippen LogP contribution in [0.4, 0.5) is 0 Å². The third kappa shape index (κ3) is 6.96. The molecule has 1 aromatic heterocycles. The molecule has 0 bridgehead atoms. The summed E-state index contributed by atoms with van der Waals surface area (Å²) in [4.78, 5) is 51.5. The number of amides is 3. The van der Waals surface area contributed by atoms with E-state index in [0.717, 1.165) is 17.8 Å². The van der Waals surface area contributed by atoms with E-state index < -0.39 is 33.7 Å². The Bertz CT molecular complexity index is 1380. The van der Waals surface area contributed by atoms with Gasteiger partial charge in [-0.1, -0.05) is 36.4 Å². The van der Waals surface area contributed by atoms with E-state index in [2.05, 4.69) is 20.4 Å². The number of rotatable bonds is 9. The highest BCUT2D eigenvalue weighted by Crippen LogP contribution is 2.13. The second-order valence-electron chi connectivity index (χ2n) is 7.32. The summed E-state index contributed by atoms with van der Waals surface area (Å²) < 4.78 is 31.8. The molecule has 0 fully saturated rings. The van der Waals surface area contributed by atoms with Crippen molar-refractivity contribution in [1.29, 1.82) is 0 Å². The molecular weight excluding hydrogens is 488 g/mol. The van der Waals surface area contributed by atoms with Crippen LogP contribution in [0.2, 0.25) is 0 Å². The molecule has 0 aliphatic rings. The number of esters is 1. The second-order valence-corrected chi connectivity index (χ2v) is 9.00. The van der Waals surface area contributed by atoms with Crippen LogP contribution in [-0.4, -0.2) is 50.7 Å². The van der Waals surface area contributed by atoms with Gasteiger partial charge in [0.15, 0.2) is 0 Å². The Morgan fingerprint density at radius 3 is 2.25 bits per heavy atom. The SMILES string of the molecule is COC(=O)CNC(=O)c1ccc(C(=O)NS(=O)(=O)c2cccc(C(=O)NCc3ccccc3)c2)cn1. The van der Waals surface area contributed by atoms with Gasteiger partial charge in [-0.2, -0.15) is 0 Å². The fraction of sp³-hybridized carbons (Fsp3) is 0.125. The van der Waals surface area contributed by atoms with E-state index >= 15 is 0 Å². The lowest BCUT2D eigenvalue weighted by molar-refractivity contribution is -0.139. The Morgan fingerprint density at radius 1 is 0.833 bits per heavy atom. The lowest BCUT2D eigenvalue weighted by Gasteiger charge is -2.10. The Morgan fingerprint density at radius 2 is 1.58 bits per heavy atom. The van der Waals surface area contributed by atoms with Crippen molar-refractivity contribution in [2.24, 2.45) is 0 Å². The van der Waals surface area contributed by atoms with Gasteiger partial charge in [-0.3, -0.25) is 24.2 Å². The number of nitrogens with one attached hydrogen (secondary N) is 3. The lowest BCUT2D eigenvalue weighted by atomic mass is 10.2. The molecule has 2 aromatic carbocycles. The van der Waals surface area contributed by atoms with Gasteiger partial charge in [0, 0.05) is 18.3 Å². The third-order valence-electron chi connectivity index (χ3n) is 4.81. The summed E-state index contributed by atoms with van der Waals surface area (Å²) in [6.07, 6.45) is 1.02. The van der Waals surface area contributed by atoms with E-state index in [0.29, 0.717) is 0 Å². The van der Waals surface area contributed by atoms with Crippen molar-refractivity contribution < 1.29 is 32.3 Å². The molecule has 36 heavy (non-hydrogen) atoms. The normalized spacial score (nSPS) is 10.7. The van der Waals surface area contributed by atoms with Crippen molar-refractivity contribution in [2.45, 2.75) is 11.4 Å². The summed E-state index contributed by atoms with van der Waals surface area (Å²) in [5.41, 5.74) is 0.764. The molecule has 12 heteroatoms. The summed E-state index contributed by atoms with van der Waals surface area (Å²) in [6.45, 7) is -0.0993. The second kappa shape index (κ2) is 11.7. The lowest BCUT2D eigenvalue weighted by Crippen LogP contribution is -2.32. The van der Waals surface area contributed by atoms with E-state index in [1.807, 2.05) is 35.1 Å². The van der Waals surface area contributed by atoms with Gasteiger partial charge in [0.2, 0.25) is 0 Å². The quantitative estimate of drug-likeness (QED) is 0.360. The molecule has 3 amide bonds. The number of benzene rings is 2. The van der Waals surface area contributed by atoms with Gasteiger partial charge in [-0.05, 0) is 35.9 Å². The van der Waals surface area contributed by atoms with Gasteiger partial charge in [-0.15, -0.1) is 0 Å². The van der Waals surface area contributed by atoms with Gasteiger partial charge in [0.1, 0.15) is 12.2 Å². The van der Waals surface area contributed by atoms with Crippen LogP contribution in [-0.2, 0) is 26.1 Å². The van der Waals surface area contributed by atoms with Gasteiger partial charge < -0.3 is 15.4 Å². The molecule has 1 heterocycles. The molecule has 3 N–H and O–H groups in total. The Hall–Kier alpha value is -4.58. The number of hydrogen-bond donors (Lipinski definition) is 3. The van der Waals surface area contributed by atoms with E-state index in [1.165, 1.54) is 37.4 Å². The fourth-order valence-corrected chi connectivity index (χ4v) is 3.92. The first-order chi connectivity index (χ1) is 17.2. The molecule has 0 radical (unpaired) electrons. The van der Waals surface area contributed by atoms with Crippen LogP contribution in [0.25, 0.3) is 0 Å². The zero-order valence-corrected chi connectivity index (χ0v) is 19.9. The molecule has 0 saturated heterocycles. The van der Waals surface area contributed by atoms with Crippen LogP contribution in [0, 0.1) is 0 Å². The molecule has 3 aromatic rings. The molecule has 186 valence electrons. The standard InChI is InChI=1S/C24H22N4O7S/c1-35-21(29)15-27-24(32)20-11-10-18(14-25-20)23(31)28-36(33,34)19-9-5-8-17(12-19)22(30)26-13-16-6-3-2-4-7-16/h2-12,14H,13,15H2,1H3,(H,26,30)(H,27,32)(H,28,31). The van der Waals surface area contributed by atoms with Crippen molar-refractivity contribution in [3.63, 3.8) is 0 Å². The first-order valence-corrected chi connectivity index (χ1v) is 12.0. The Balaban J connectivity index is 1.64. The van der Waals surface area contributed by atoms with Crippen molar-refractivity contribution in [3.8, 4) is 0 Å². The molecule has 11 nitrogen and oxygen atoms in total. The summed E-state index contributed by atoms with van der Waals surface area (Å²) in [5, 5.41) is 4.99. The first-order valence-electron chi connectivity index (χ1n) is 10.5. The molecule has 0 spiro atoms. The maximum atomic E-state index is 12.7. The molecule has 3 rings (SSSR count). The zero-order valence-electron chi connectivity index (χ0n) is 19.1. The van der Waals surface area contributed by atoms with Crippen LogP contribution in [0.15, 0.2) is 77.8 Å². The minimum absolute atomic E-state index is 0.0903. The van der Waals surface area contributed by atoms with Gasteiger partial charge in [0.25, 0.3) is 27.7 Å². The molecule has 0 aliphatic carbocycles. The largest absolute Gasteiger partial charge is 0.468 e. The van der Waals surface area contributed by atoms with Crippen molar-refractivity contribution in [2.75, 3.05) is 13.7 Å². The van der Waals surface area contributed by atoms with Crippen LogP contribution in [0.5, 0.6) is 0 Å². The molecule has 0 saturated carbocycles. The van der Waals surface area contributed by atoms with Gasteiger partial charge in [0.05, 0.1) is 17.6 Å². The minimum Gasteiger partial charge on any atom is -0.468 e. The molecular formula is C24H22N4O7S. The number of sulfonamides is 1. The van der Waals surface area contributed by atoms with E-state index in [9.17, 15) is 27.6 Å². The van der Waals surface area contributed by atoms with Crippen molar-refractivity contribution in [1.82, 2.24) is 20.3 Å². The van der Waals surface area contributed by atoms with E-state index in [4.69, 9.17) is 0 Å². The van der Waals surface area contributed by atoms with Crippen LogP contribution < -0.4 is 15.4 Å². The van der Waals surface area contributed by atoms with Gasteiger partial charge in [-0.25, -0.2) is 13.1 Å². The van der Waals surface area contributed by atoms with Crippen LogP contribution in [0.3, 0.4) is 0 Å². The minimum atomic E-state index is -4.32. The average Bonchev–Trinajstić information content (AvgIpc) is 2.90. The smallest absolute Gasteiger partial charge is 0.325 e. The predicted molar refractivity (Wildman–Crippen MR) is 127 cm³/mol. The summed E-state index contributed by atoms with van der Waals surface area (Å²) >= 11 is 0. The molecule has 0 unspecified atom stereocenters. The number of methoxy groups -OCH3 is 1. The predicted octanol–water partition coefficient (Wildman–Crippen LogP) is 1.03. The Labute approximate surface area is 206 Å². The molecule has 0 aliphatic heterocycles. The monoisotopic (exact) mass is 510 g/mol. The average molecular weight is 511 g/mol. The fourth-order valence-electron chi connectivity index (χ4n) is 2.90. The number of carbonyl (C=O) groups excluding carboxylic acids is 4.